The molecule has 1 amide bonds. The maximum atomic E-state index is 12.0. The lowest BCUT2D eigenvalue weighted by Crippen LogP contribution is -2.15. The summed E-state index contributed by atoms with van der Waals surface area (Å²) in [6.07, 6.45) is 1.28. The number of nitrogens with one attached hydrogen (secondary N) is 1. The summed E-state index contributed by atoms with van der Waals surface area (Å²) in [5.41, 5.74) is 0.630. The number of rotatable bonds is 6. The van der Waals surface area contributed by atoms with Crippen molar-refractivity contribution in [3.05, 3.63) is 47.5 Å². The van der Waals surface area contributed by atoms with Crippen molar-refractivity contribution in [1.82, 2.24) is 4.98 Å². The van der Waals surface area contributed by atoms with Gasteiger partial charge in [0.25, 0.3) is 0 Å². The van der Waals surface area contributed by atoms with E-state index in [0.29, 0.717) is 26.1 Å². The van der Waals surface area contributed by atoms with E-state index in [1.54, 1.807) is 36.4 Å². The van der Waals surface area contributed by atoms with Gasteiger partial charge in [-0.2, -0.15) is 0 Å². The molecular formula is C17H15ClN2O4S2. The van der Waals surface area contributed by atoms with E-state index in [4.69, 9.17) is 16.3 Å². The van der Waals surface area contributed by atoms with Gasteiger partial charge in [-0.1, -0.05) is 35.1 Å². The Morgan fingerprint density at radius 3 is 2.77 bits per heavy atom. The fourth-order valence-electron chi connectivity index (χ4n) is 2.19. The lowest BCUT2D eigenvalue weighted by atomic mass is 10.3. The van der Waals surface area contributed by atoms with Crippen molar-refractivity contribution in [3.63, 3.8) is 0 Å². The number of hydrogen-bond donors (Lipinski definition) is 1. The first-order chi connectivity index (χ1) is 12.3. The van der Waals surface area contributed by atoms with Crippen LogP contribution < -0.4 is 10.1 Å². The Morgan fingerprint density at radius 2 is 2.04 bits per heavy atom. The molecule has 0 spiro atoms. The van der Waals surface area contributed by atoms with Crippen molar-refractivity contribution >= 4 is 54.0 Å². The van der Waals surface area contributed by atoms with Crippen LogP contribution in [0.25, 0.3) is 10.2 Å². The second-order valence-electron chi connectivity index (χ2n) is 5.50. The predicted molar refractivity (Wildman–Crippen MR) is 103 cm³/mol. The highest BCUT2D eigenvalue weighted by Gasteiger charge is 2.12. The van der Waals surface area contributed by atoms with Crippen LogP contribution in [-0.2, 0) is 14.6 Å². The SMILES string of the molecule is CS(=O)(=O)c1ccc2nc(NC(=O)CCOc3ccccc3Cl)sc2c1. The number of hydrogen-bond acceptors (Lipinski definition) is 6. The van der Waals surface area contributed by atoms with E-state index < -0.39 is 9.84 Å². The van der Waals surface area contributed by atoms with Crippen LogP contribution in [0, 0.1) is 0 Å². The number of nitrogens with zero attached hydrogens (tertiary/aromatic N) is 1. The van der Waals surface area contributed by atoms with Crippen LogP contribution in [0.3, 0.4) is 0 Å². The standard InChI is InChI=1S/C17H15ClN2O4S2/c1-26(22,23)11-6-7-13-15(10-11)25-17(19-13)20-16(21)8-9-24-14-5-3-2-4-12(14)18/h2-7,10H,8-9H2,1H3,(H,19,20,21). The van der Waals surface area contributed by atoms with Crippen LogP contribution in [0.4, 0.5) is 5.13 Å². The molecule has 1 heterocycles. The minimum atomic E-state index is -3.29. The summed E-state index contributed by atoms with van der Waals surface area (Å²) >= 11 is 7.20. The molecule has 0 radical (unpaired) electrons. The summed E-state index contributed by atoms with van der Waals surface area (Å²) in [6, 6.07) is 11.7. The van der Waals surface area contributed by atoms with Gasteiger partial charge in [0, 0.05) is 6.26 Å². The number of ether oxygens (including phenoxy) is 1. The first kappa shape index (κ1) is 18.6. The molecule has 0 atom stereocenters. The molecule has 0 saturated carbocycles. The molecule has 3 aromatic rings. The molecule has 2 aromatic carbocycles. The highest BCUT2D eigenvalue weighted by molar-refractivity contribution is 7.90. The zero-order valence-electron chi connectivity index (χ0n) is 13.7. The Hall–Kier alpha value is -2.16. The number of sulfone groups is 1. The minimum Gasteiger partial charge on any atom is -0.491 e. The molecular weight excluding hydrogens is 396 g/mol. The molecule has 0 aliphatic carbocycles. The van der Waals surface area contributed by atoms with Gasteiger partial charge in [0.2, 0.25) is 5.91 Å². The van der Waals surface area contributed by atoms with Crippen molar-refractivity contribution in [2.24, 2.45) is 0 Å². The van der Waals surface area contributed by atoms with Crippen LogP contribution in [0.5, 0.6) is 5.75 Å². The summed E-state index contributed by atoms with van der Waals surface area (Å²) in [5.74, 6) is 0.273. The molecule has 0 fully saturated rings. The molecule has 0 aliphatic rings. The van der Waals surface area contributed by atoms with E-state index in [0.717, 1.165) is 6.26 Å². The summed E-state index contributed by atoms with van der Waals surface area (Å²) < 4.78 is 29.4. The number of amides is 1. The molecule has 0 saturated heterocycles. The average Bonchev–Trinajstić information content (AvgIpc) is 2.97. The van der Waals surface area contributed by atoms with E-state index in [-0.39, 0.29) is 23.8 Å². The highest BCUT2D eigenvalue weighted by Crippen LogP contribution is 2.28. The van der Waals surface area contributed by atoms with Crippen molar-refractivity contribution in [2.75, 3.05) is 18.2 Å². The first-order valence-corrected chi connectivity index (χ1v) is 10.7. The molecule has 1 N–H and O–H groups in total. The van der Waals surface area contributed by atoms with E-state index in [1.807, 2.05) is 0 Å². The van der Waals surface area contributed by atoms with E-state index in [1.165, 1.54) is 17.4 Å². The topological polar surface area (TPSA) is 85.4 Å². The smallest absolute Gasteiger partial charge is 0.229 e. The van der Waals surface area contributed by atoms with Crippen LogP contribution in [0.15, 0.2) is 47.4 Å². The lowest BCUT2D eigenvalue weighted by molar-refractivity contribution is -0.116. The number of halogens is 1. The maximum Gasteiger partial charge on any atom is 0.229 e. The molecule has 0 aliphatic heterocycles. The van der Waals surface area contributed by atoms with Crippen LogP contribution in [0.1, 0.15) is 6.42 Å². The highest BCUT2D eigenvalue weighted by atomic mass is 35.5. The quantitative estimate of drug-likeness (QED) is 0.668. The number of fused-ring (bicyclic) bond motifs is 1. The number of thiazole rings is 1. The molecule has 0 unspecified atom stereocenters. The fourth-order valence-corrected chi connectivity index (χ4v) is 4.02. The Balaban J connectivity index is 1.61. The normalized spacial score (nSPS) is 11.5. The average molecular weight is 411 g/mol. The lowest BCUT2D eigenvalue weighted by Gasteiger charge is -2.07. The minimum absolute atomic E-state index is 0.135. The summed E-state index contributed by atoms with van der Waals surface area (Å²) in [5, 5.41) is 3.59. The Labute approximate surface area is 159 Å². The van der Waals surface area contributed by atoms with Gasteiger partial charge in [0.1, 0.15) is 5.75 Å². The molecule has 9 heteroatoms. The Morgan fingerprint density at radius 1 is 1.27 bits per heavy atom. The fraction of sp³-hybridized carbons (Fsp3) is 0.176. The number of benzene rings is 2. The van der Waals surface area contributed by atoms with Crippen molar-refractivity contribution < 1.29 is 17.9 Å². The molecule has 6 nitrogen and oxygen atoms in total. The number of carbonyl (C=O) groups is 1. The van der Waals surface area contributed by atoms with Gasteiger partial charge in [-0.05, 0) is 30.3 Å². The van der Waals surface area contributed by atoms with Crippen LogP contribution >= 0.6 is 22.9 Å². The van der Waals surface area contributed by atoms with Crippen molar-refractivity contribution in [2.45, 2.75) is 11.3 Å². The number of anilines is 1. The van der Waals surface area contributed by atoms with Gasteiger partial charge in [0.05, 0.1) is 33.2 Å². The largest absolute Gasteiger partial charge is 0.491 e. The molecule has 3 rings (SSSR count). The zero-order valence-corrected chi connectivity index (χ0v) is 16.1. The zero-order chi connectivity index (χ0) is 18.7. The third kappa shape index (κ3) is 4.51. The first-order valence-electron chi connectivity index (χ1n) is 7.61. The molecule has 1 aromatic heterocycles. The third-order valence-corrected chi connectivity index (χ3v) is 5.81. The third-order valence-electron chi connectivity index (χ3n) is 3.46. The van der Waals surface area contributed by atoms with E-state index in [2.05, 4.69) is 10.3 Å². The predicted octanol–water partition coefficient (Wildman–Crippen LogP) is 3.76. The summed E-state index contributed by atoms with van der Waals surface area (Å²) in [4.78, 5) is 16.5. The number of para-hydroxylation sites is 1. The van der Waals surface area contributed by atoms with Crippen LogP contribution in [0.2, 0.25) is 5.02 Å². The van der Waals surface area contributed by atoms with Crippen molar-refractivity contribution in [3.8, 4) is 5.75 Å². The Bertz CT molecular complexity index is 1060. The second-order valence-corrected chi connectivity index (χ2v) is 8.95. The Kier molecular flexibility index (Phi) is 5.45. The van der Waals surface area contributed by atoms with E-state index >= 15 is 0 Å². The maximum absolute atomic E-state index is 12.0. The summed E-state index contributed by atoms with van der Waals surface area (Å²) in [7, 11) is -3.29. The molecule has 136 valence electrons. The monoisotopic (exact) mass is 410 g/mol. The molecule has 0 bridgehead atoms. The van der Waals surface area contributed by atoms with Gasteiger partial charge < -0.3 is 10.1 Å². The summed E-state index contributed by atoms with van der Waals surface area (Å²) in [6.45, 7) is 0.179. The number of carbonyl (C=O) groups excluding carboxylic acids is 1. The van der Waals surface area contributed by atoms with Gasteiger partial charge in [-0.15, -0.1) is 0 Å². The number of aromatic nitrogens is 1. The van der Waals surface area contributed by atoms with Gasteiger partial charge in [0.15, 0.2) is 15.0 Å². The van der Waals surface area contributed by atoms with Gasteiger partial charge in [-0.3, -0.25) is 4.79 Å². The molecule has 26 heavy (non-hydrogen) atoms. The van der Waals surface area contributed by atoms with Gasteiger partial charge in [-0.25, -0.2) is 13.4 Å². The van der Waals surface area contributed by atoms with Crippen LogP contribution in [-0.4, -0.2) is 32.2 Å². The van der Waals surface area contributed by atoms with E-state index in [9.17, 15) is 13.2 Å². The van der Waals surface area contributed by atoms with Crippen molar-refractivity contribution in [1.29, 1.82) is 0 Å². The van der Waals surface area contributed by atoms with Gasteiger partial charge >= 0.3 is 0 Å². The second kappa shape index (κ2) is 7.61.